The summed E-state index contributed by atoms with van der Waals surface area (Å²) < 4.78 is 5.68. The molecule has 0 spiro atoms. The monoisotopic (exact) mass is 481 g/mol. The van der Waals surface area contributed by atoms with Gasteiger partial charge in [0.15, 0.2) is 0 Å². The fourth-order valence-electron chi connectivity index (χ4n) is 3.92. The summed E-state index contributed by atoms with van der Waals surface area (Å²) in [5.74, 6) is -0.793. The van der Waals surface area contributed by atoms with E-state index in [0.29, 0.717) is 48.9 Å². The number of Topliss-reactive ketones (excluding diaryl/α,β-unsaturated/α-hetero) is 1. The van der Waals surface area contributed by atoms with Gasteiger partial charge in [0.05, 0.1) is 23.1 Å². The summed E-state index contributed by atoms with van der Waals surface area (Å²) in [6, 6.07) is 11.5. The van der Waals surface area contributed by atoms with Crippen molar-refractivity contribution in [2.75, 3.05) is 33.8 Å². The molecule has 1 unspecified atom stereocenters. The summed E-state index contributed by atoms with van der Waals surface area (Å²) in [5.41, 5.74) is 0.748. The Hall–Kier alpha value is -3.72. The molecule has 9 heteroatoms. The Morgan fingerprint density at radius 2 is 1.74 bits per heavy atom. The minimum absolute atomic E-state index is 0.0374. The van der Waals surface area contributed by atoms with E-state index in [1.807, 2.05) is 32.8 Å². The lowest BCUT2D eigenvalue weighted by molar-refractivity contribution is -0.384. The van der Waals surface area contributed by atoms with Crippen LogP contribution in [0.15, 0.2) is 54.1 Å². The summed E-state index contributed by atoms with van der Waals surface area (Å²) in [6.07, 6.45) is 0.616. The Balaban J connectivity index is 2.01. The highest BCUT2D eigenvalue weighted by molar-refractivity contribution is 6.46. The first-order valence-electron chi connectivity index (χ1n) is 11.5. The number of non-ortho nitro benzene ring substituents is 1. The third kappa shape index (κ3) is 6.05. The minimum atomic E-state index is -0.852. The normalized spacial score (nSPS) is 17.4. The molecule has 2 aromatic carbocycles. The number of carbonyl (C=O) groups is 2. The van der Waals surface area contributed by atoms with Crippen LogP contribution in [0.4, 0.5) is 5.69 Å². The van der Waals surface area contributed by atoms with Crippen molar-refractivity contribution in [3.63, 3.8) is 0 Å². The second-order valence-corrected chi connectivity index (χ2v) is 9.23. The Kier molecular flexibility index (Phi) is 8.24. The van der Waals surface area contributed by atoms with Crippen LogP contribution in [0, 0.1) is 16.0 Å². The molecule has 0 radical (unpaired) electrons. The van der Waals surface area contributed by atoms with Crippen LogP contribution >= 0.6 is 0 Å². The Labute approximate surface area is 204 Å². The molecule has 1 aliphatic heterocycles. The number of ether oxygens (including phenoxy) is 1. The van der Waals surface area contributed by atoms with Gasteiger partial charge in [-0.15, -0.1) is 0 Å². The number of benzene rings is 2. The Morgan fingerprint density at radius 1 is 1.11 bits per heavy atom. The fourth-order valence-corrected chi connectivity index (χ4v) is 3.92. The second-order valence-electron chi connectivity index (χ2n) is 9.23. The fraction of sp³-hybridized carbons (Fsp3) is 0.385. The van der Waals surface area contributed by atoms with Gasteiger partial charge >= 0.3 is 0 Å². The van der Waals surface area contributed by atoms with Gasteiger partial charge in [0.2, 0.25) is 0 Å². The lowest BCUT2D eigenvalue weighted by Crippen LogP contribution is -2.32. The molecular weight excluding hydrogens is 450 g/mol. The summed E-state index contributed by atoms with van der Waals surface area (Å²) in [4.78, 5) is 40.0. The predicted molar refractivity (Wildman–Crippen MR) is 132 cm³/mol. The van der Waals surface area contributed by atoms with Crippen LogP contribution in [0.2, 0.25) is 0 Å². The molecule has 3 rings (SSSR count). The summed E-state index contributed by atoms with van der Waals surface area (Å²) in [7, 11) is 3.83. The van der Waals surface area contributed by atoms with Gasteiger partial charge in [-0.05, 0) is 74.9 Å². The highest BCUT2D eigenvalue weighted by atomic mass is 16.6. The number of amides is 1. The summed E-state index contributed by atoms with van der Waals surface area (Å²) in [5, 5.41) is 22.2. The van der Waals surface area contributed by atoms with Crippen LogP contribution in [-0.4, -0.2) is 65.3 Å². The van der Waals surface area contributed by atoms with E-state index in [0.717, 1.165) is 0 Å². The molecule has 0 aromatic heterocycles. The van der Waals surface area contributed by atoms with Gasteiger partial charge in [0.1, 0.15) is 11.5 Å². The molecule has 9 nitrogen and oxygen atoms in total. The third-order valence-electron chi connectivity index (χ3n) is 5.68. The van der Waals surface area contributed by atoms with E-state index in [-0.39, 0.29) is 17.0 Å². The van der Waals surface area contributed by atoms with E-state index < -0.39 is 22.7 Å². The van der Waals surface area contributed by atoms with Gasteiger partial charge in [-0.3, -0.25) is 19.7 Å². The molecule has 1 fully saturated rings. The van der Waals surface area contributed by atoms with Crippen LogP contribution in [0.25, 0.3) is 5.76 Å². The van der Waals surface area contributed by atoms with Crippen molar-refractivity contribution in [3.8, 4) is 5.75 Å². The van der Waals surface area contributed by atoms with Crippen molar-refractivity contribution in [2.24, 2.45) is 5.92 Å². The maximum Gasteiger partial charge on any atom is 0.295 e. The molecule has 1 amide bonds. The highest BCUT2D eigenvalue weighted by Crippen LogP contribution is 2.40. The van der Waals surface area contributed by atoms with Crippen LogP contribution in [0.3, 0.4) is 0 Å². The van der Waals surface area contributed by atoms with E-state index in [9.17, 15) is 24.8 Å². The van der Waals surface area contributed by atoms with Gasteiger partial charge in [-0.1, -0.05) is 13.8 Å². The van der Waals surface area contributed by atoms with Gasteiger partial charge in [-0.2, -0.15) is 0 Å². The number of hydrogen-bond acceptors (Lipinski definition) is 7. The molecule has 0 aliphatic carbocycles. The van der Waals surface area contributed by atoms with Gasteiger partial charge in [0, 0.05) is 24.2 Å². The second kappa shape index (κ2) is 11.1. The van der Waals surface area contributed by atoms with Crippen LogP contribution in [0.1, 0.15) is 37.4 Å². The first-order valence-corrected chi connectivity index (χ1v) is 11.5. The largest absolute Gasteiger partial charge is 0.507 e. The van der Waals surface area contributed by atoms with Crippen molar-refractivity contribution in [1.29, 1.82) is 0 Å². The number of ketones is 1. The molecule has 186 valence electrons. The Bertz CT molecular complexity index is 1110. The molecule has 0 bridgehead atoms. The van der Waals surface area contributed by atoms with E-state index in [4.69, 9.17) is 4.74 Å². The zero-order valence-corrected chi connectivity index (χ0v) is 20.4. The number of aliphatic hydroxyl groups excluding tert-OH is 1. The van der Waals surface area contributed by atoms with E-state index >= 15 is 0 Å². The molecule has 1 aliphatic rings. The highest BCUT2D eigenvalue weighted by Gasteiger charge is 2.45. The number of hydrogen-bond donors (Lipinski definition) is 1. The molecule has 1 N–H and O–H groups in total. The smallest absolute Gasteiger partial charge is 0.295 e. The number of nitrogens with zero attached hydrogens (tertiary/aromatic N) is 3. The number of nitro groups is 1. The van der Waals surface area contributed by atoms with Crippen molar-refractivity contribution in [2.45, 2.75) is 26.3 Å². The molecule has 1 atom stereocenters. The van der Waals surface area contributed by atoms with E-state index in [2.05, 4.69) is 0 Å². The average Bonchev–Trinajstić information content (AvgIpc) is 3.07. The molecule has 2 aromatic rings. The average molecular weight is 482 g/mol. The third-order valence-corrected chi connectivity index (χ3v) is 5.68. The summed E-state index contributed by atoms with van der Waals surface area (Å²) in [6.45, 7) is 5.62. The minimum Gasteiger partial charge on any atom is -0.507 e. The first-order chi connectivity index (χ1) is 16.6. The first kappa shape index (κ1) is 25.9. The number of carbonyl (C=O) groups excluding carboxylic acids is 2. The maximum atomic E-state index is 13.1. The SMILES string of the molecule is CC(C)COc1ccc(/C(O)=C2\C(=O)C(=O)N(CCCN(C)C)C2c2ccc([N+](=O)[O-])cc2)cc1. The number of likely N-dealkylation sites (tertiary alicyclic amines) is 1. The van der Waals surface area contributed by atoms with Crippen molar-refractivity contribution < 1.29 is 24.4 Å². The van der Waals surface area contributed by atoms with Crippen molar-refractivity contribution in [1.82, 2.24) is 9.80 Å². The summed E-state index contributed by atoms with van der Waals surface area (Å²) >= 11 is 0. The lowest BCUT2D eigenvalue weighted by Gasteiger charge is -2.26. The zero-order valence-electron chi connectivity index (χ0n) is 20.4. The van der Waals surface area contributed by atoms with Crippen molar-refractivity contribution in [3.05, 3.63) is 75.3 Å². The molecule has 1 saturated heterocycles. The molecule has 35 heavy (non-hydrogen) atoms. The molecule has 1 heterocycles. The predicted octanol–water partition coefficient (Wildman–Crippen LogP) is 4.00. The van der Waals surface area contributed by atoms with E-state index in [1.165, 1.54) is 29.2 Å². The van der Waals surface area contributed by atoms with Crippen LogP contribution in [0.5, 0.6) is 5.75 Å². The quantitative estimate of drug-likeness (QED) is 0.179. The van der Waals surface area contributed by atoms with Gasteiger partial charge in [-0.25, -0.2) is 0 Å². The maximum absolute atomic E-state index is 13.1. The standard InChI is InChI=1S/C26H31N3O6/c1-17(2)16-35-21-12-8-19(9-13-21)24(30)22-23(18-6-10-20(11-7-18)29(33)34)28(26(32)25(22)31)15-5-14-27(3)4/h6-13,17,23,30H,5,14-16H2,1-4H3/b24-22+. The number of rotatable bonds is 10. The number of nitro benzene ring substituents is 1. The van der Waals surface area contributed by atoms with Crippen molar-refractivity contribution >= 4 is 23.1 Å². The topological polar surface area (TPSA) is 113 Å². The number of aliphatic hydroxyl groups is 1. The Morgan fingerprint density at radius 3 is 2.29 bits per heavy atom. The molecular formula is C26H31N3O6. The van der Waals surface area contributed by atoms with Crippen LogP contribution in [-0.2, 0) is 9.59 Å². The van der Waals surface area contributed by atoms with Gasteiger partial charge < -0.3 is 19.6 Å². The zero-order chi connectivity index (χ0) is 25.7. The lowest BCUT2D eigenvalue weighted by atomic mass is 9.95. The van der Waals surface area contributed by atoms with Crippen LogP contribution < -0.4 is 4.74 Å². The molecule has 0 saturated carbocycles. The van der Waals surface area contributed by atoms with Gasteiger partial charge in [0.25, 0.3) is 17.4 Å². The van der Waals surface area contributed by atoms with E-state index in [1.54, 1.807) is 24.3 Å².